The van der Waals surface area contributed by atoms with Crippen LogP contribution in [-0.2, 0) is 0 Å². The summed E-state index contributed by atoms with van der Waals surface area (Å²) in [6, 6.07) is 8.97. The summed E-state index contributed by atoms with van der Waals surface area (Å²) in [6.45, 7) is 4.07. The summed E-state index contributed by atoms with van der Waals surface area (Å²) in [4.78, 5) is 2.44. The van der Waals surface area contributed by atoms with Gasteiger partial charge in [-0.1, -0.05) is 30.7 Å². The van der Waals surface area contributed by atoms with Crippen LogP contribution in [0.4, 0.5) is 0 Å². The maximum atomic E-state index is 5.97. The molecule has 0 heterocycles. The third-order valence-corrected chi connectivity index (χ3v) is 4.07. The van der Waals surface area contributed by atoms with Gasteiger partial charge in [0.15, 0.2) is 0 Å². The van der Waals surface area contributed by atoms with Gasteiger partial charge < -0.3 is 5.73 Å². The van der Waals surface area contributed by atoms with E-state index in [4.69, 9.17) is 5.73 Å². The Hall–Kier alpha value is -0.860. The Balaban J connectivity index is 2.06. The van der Waals surface area contributed by atoms with E-state index in [1.807, 2.05) is 0 Å². The molecule has 1 aliphatic carbocycles. The molecule has 0 aliphatic heterocycles. The number of benzene rings is 1. The zero-order valence-electron chi connectivity index (χ0n) is 11.0. The fourth-order valence-electron chi connectivity index (χ4n) is 2.71. The summed E-state index contributed by atoms with van der Waals surface area (Å²) >= 11 is 0. The summed E-state index contributed by atoms with van der Waals surface area (Å²) in [6.07, 6.45) is 4.21. The molecule has 2 nitrogen and oxygen atoms in total. The number of aryl methyl sites for hydroxylation is 1. The van der Waals surface area contributed by atoms with Crippen molar-refractivity contribution in [3.63, 3.8) is 0 Å². The van der Waals surface area contributed by atoms with Crippen LogP contribution < -0.4 is 5.73 Å². The quantitative estimate of drug-likeness (QED) is 0.846. The monoisotopic (exact) mass is 232 g/mol. The summed E-state index contributed by atoms with van der Waals surface area (Å²) in [5, 5.41) is 0. The van der Waals surface area contributed by atoms with Gasteiger partial charge in [0.2, 0.25) is 0 Å². The zero-order valence-corrected chi connectivity index (χ0v) is 11.0. The molecule has 0 spiro atoms. The molecule has 1 unspecified atom stereocenters. The van der Waals surface area contributed by atoms with Crippen molar-refractivity contribution in [1.29, 1.82) is 0 Å². The van der Waals surface area contributed by atoms with Gasteiger partial charge in [0, 0.05) is 19.1 Å². The van der Waals surface area contributed by atoms with Crippen molar-refractivity contribution in [3.8, 4) is 0 Å². The fraction of sp³-hybridized carbons (Fsp3) is 0.600. The number of rotatable bonds is 5. The van der Waals surface area contributed by atoms with Crippen molar-refractivity contribution >= 4 is 0 Å². The van der Waals surface area contributed by atoms with Crippen LogP contribution in [0.5, 0.6) is 0 Å². The first-order valence-corrected chi connectivity index (χ1v) is 6.68. The van der Waals surface area contributed by atoms with Crippen molar-refractivity contribution < 1.29 is 0 Å². The van der Waals surface area contributed by atoms with E-state index in [1.54, 1.807) is 0 Å². The third-order valence-electron chi connectivity index (χ3n) is 4.07. The Morgan fingerprint density at radius 1 is 1.35 bits per heavy atom. The van der Waals surface area contributed by atoms with E-state index in [9.17, 15) is 0 Å². The lowest BCUT2D eigenvalue weighted by atomic mass is 9.84. The highest BCUT2D eigenvalue weighted by atomic mass is 15.1. The Morgan fingerprint density at radius 2 is 2.06 bits per heavy atom. The molecule has 0 bridgehead atoms. The molecule has 2 heteroatoms. The molecule has 1 fully saturated rings. The van der Waals surface area contributed by atoms with Crippen LogP contribution in [0, 0.1) is 12.8 Å². The van der Waals surface area contributed by atoms with E-state index < -0.39 is 0 Å². The van der Waals surface area contributed by atoms with Crippen molar-refractivity contribution in [3.05, 3.63) is 35.4 Å². The highest BCUT2D eigenvalue weighted by molar-refractivity contribution is 5.29. The van der Waals surface area contributed by atoms with Gasteiger partial charge in [-0.2, -0.15) is 0 Å². The molecular weight excluding hydrogens is 208 g/mol. The SMILES string of the molecule is Cc1ccccc1C(CN)N(C)CC1CCC1. The minimum Gasteiger partial charge on any atom is -0.329 e. The highest BCUT2D eigenvalue weighted by Gasteiger charge is 2.23. The van der Waals surface area contributed by atoms with Crippen LogP contribution in [0.3, 0.4) is 0 Å². The molecule has 1 aromatic carbocycles. The molecule has 0 radical (unpaired) electrons. The molecule has 17 heavy (non-hydrogen) atoms. The van der Waals surface area contributed by atoms with Crippen LogP contribution >= 0.6 is 0 Å². The highest BCUT2D eigenvalue weighted by Crippen LogP contribution is 2.30. The largest absolute Gasteiger partial charge is 0.329 e. The molecule has 0 saturated heterocycles. The third kappa shape index (κ3) is 2.88. The van der Waals surface area contributed by atoms with E-state index in [-0.39, 0.29) is 0 Å². The van der Waals surface area contributed by atoms with Crippen molar-refractivity contribution in [2.24, 2.45) is 11.7 Å². The maximum Gasteiger partial charge on any atom is 0.0470 e. The van der Waals surface area contributed by atoms with Gasteiger partial charge in [0.25, 0.3) is 0 Å². The van der Waals surface area contributed by atoms with Crippen molar-refractivity contribution in [2.75, 3.05) is 20.1 Å². The molecule has 0 aromatic heterocycles. The fourth-order valence-corrected chi connectivity index (χ4v) is 2.71. The topological polar surface area (TPSA) is 29.3 Å². The average molecular weight is 232 g/mol. The number of hydrogen-bond acceptors (Lipinski definition) is 2. The Labute approximate surface area is 105 Å². The normalized spacial score (nSPS) is 18.1. The lowest BCUT2D eigenvalue weighted by molar-refractivity contribution is 0.164. The lowest BCUT2D eigenvalue weighted by Gasteiger charge is -2.35. The second kappa shape index (κ2) is 5.65. The van der Waals surface area contributed by atoms with E-state index in [0.29, 0.717) is 12.6 Å². The van der Waals surface area contributed by atoms with Gasteiger partial charge in [-0.3, -0.25) is 4.90 Å². The van der Waals surface area contributed by atoms with Crippen LogP contribution in [0.1, 0.15) is 36.4 Å². The van der Waals surface area contributed by atoms with E-state index in [1.165, 1.54) is 36.9 Å². The molecule has 1 atom stereocenters. The minimum absolute atomic E-state index is 0.372. The van der Waals surface area contributed by atoms with Gasteiger partial charge in [0.05, 0.1) is 0 Å². The van der Waals surface area contributed by atoms with Crippen molar-refractivity contribution in [1.82, 2.24) is 4.90 Å². The Bertz CT molecular complexity index is 358. The van der Waals surface area contributed by atoms with Crippen LogP contribution in [0.2, 0.25) is 0 Å². The van der Waals surface area contributed by atoms with Gasteiger partial charge in [-0.25, -0.2) is 0 Å². The molecular formula is C15H24N2. The first-order chi connectivity index (χ1) is 8.22. The number of nitrogens with two attached hydrogens (primary N) is 1. The molecule has 1 aromatic rings. The molecule has 2 N–H and O–H groups in total. The second-order valence-electron chi connectivity index (χ2n) is 5.34. The zero-order chi connectivity index (χ0) is 12.3. The summed E-state index contributed by atoms with van der Waals surface area (Å²) in [5.41, 5.74) is 8.70. The number of hydrogen-bond donors (Lipinski definition) is 1. The van der Waals surface area contributed by atoms with E-state index in [2.05, 4.69) is 43.1 Å². The van der Waals surface area contributed by atoms with Gasteiger partial charge >= 0.3 is 0 Å². The minimum atomic E-state index is 0.372. The lowest BCUT2D eigenvalue weighted by Crippen LogP contribution is -2.36. The molecule has 94 valence electrons. The summed E-state index contributed by atoms with van der Waals surface area (Å²) in [7, 11) is 2.21. The number of nitrogens with zero attached hydrogens (tertiary/aromatic N) is 1. The smallest absolute Gasteiger partial charge is 0.0470 e. The first kappa shape index (κ1) is 12.6. The van der Waals surface area contributed by atoms with Crippen LogP contribution in [-0.4, -0.2) is 25.0 Å². The predicted molar refractivity (Wildman–Crippen MR) is 72.9 cm³/mol. The van der Waals surface area contributed by atoms with E-state index in [0.717, 1.165) is 5.92 Å². The van der Waals surface area contributed by atoms with Gasteiger partial charge in [0.1, 0.15) is 0 Å². The predicted octanol–water partition coefficient (Wildman–Crippen LogP) is 2.73. The van der Waals surface area contributed by atoms with Gasteiger partial charge in [-0.15, -0.1) is 0 Å². The molecule has 1 aliphatic rings. The summed E-state index contributed by atoms with van der Waals surface area (Å²) in [5.74, 6) is 0.901. The maximum absolute atomic E-state index is 5.97. The number of likely N-dealkylation sites (N-methyl/N-ethyl adjacent to an activating group) is 1. The second-order valence-corrected chi connectivity index (χ2v) is 5.34. The van der Waals surface area contributed by atoms with Gasteiger partial charge in [-0.05, 0) is 43.9 Å². The molecule has 2 rings (SSSR count). The molecule has 1 saturated carbocycles. The first-order valence-electron chi connectivity index (χ1n) is 6.68. The molecule has 0 amide bonds. The van der Waals surface area contributed by atoms with Crippen LogP contribution in [0.25, 0.3) is 0 Å². The van der Waals surface area contributed by atoms with Crippen molar-refractivity contribution in [2.45, 2.75) is 32.2 Å². The Morgan fingerprint density at radius 3 is 2.59 bits per heavy atom. The van der Waals surface area contributed by atoms with E-state index >= 15 is 0 Å². The standard InChI is InChI=1S/C15H24N2/c1-12-6-3-4-9-14(12)15(10-16)17(2)11-13-7-5-8-13/h3-4,6,9,13,15H,5,7-8,10-11,16H2,1-2H3. The Kier molecular flexibility index (Phi) is 4.19. The van der Waals surface area contributed by atoms with Crippen LogP contribution in [0.15, 0.2) is 24.3 Å². The average Bonchev–Trinajstić information content (AvgIpc) is 2.27. The summed E-state index contributed by atoms with van der Waals surface area (Å²) < 4.78 is 0.